The summed E-state index contributed by atoms with van der Waals surface area (Å²) in [6.45, 7) is 1.29. The highest BCUT2D eigenvalue weighted by Crippen LogP contribution is 2.27. The van der Waals surface area contributed by atoms with Crippen molar-refractivity contribution in [1.29, 1.82) is 5.26 Å². The summed E-state index contributed by atoms with van der Waals surface area (Å²) < 4.78 is 5.99. The molecule has 2 heterocycles. The maximum absolute atomic E-state index is 12.5. The van der Waals surface area contributed by atoms with E-state index in [0.717, 1.165) is 32.0 Å². The van der Waals surface area contributed by atoms with Crippen molar-refractivity contribution in [2.24, 2.45) is 5.92 Å². The number of carbonyl (C=O) groups is 2. The fourth-order valence-electron chi connectivity index (χ4n) is 3.84. The van der Waals surface area contributed by atoms with Gasteiger partial charge in [0, 0.05) is 31.1 Å². The first-order chi connectivity index (χ1) is 15.1. The number of amides is 1. The molecule has 2 aromatic rings. The summed E-state index contributed by atoms with van der Waals surface area (Å²) in [5.74, 6) is 1.14. The molecule has 1 aromatic heterocycles. The van der Waals surface area contributed by atoms with E-state index in [4.69, 9.17) is 21.6 Å². The van der Waals surface area contributed by atoms with Gasteiger partial charge >= 0.3 is 0 Å². The molecular weight excluding hydrogens is 418 g/mol. The SMILES string of the molecule is N#Cc1ccc(O[C@H]2CC[C@H](NC(=O)c3ccc(N4CC(C=O)C4)nn3)CC2)cc1Cl. The monoisotopic (exact) mass is 439 g/mol. The second-order valence-electron chi connectivity index (χ2n) is 7.90. The number of anilines is 1. The van der Waals surface area contributed by atoms with Crippen LogP contribution < -0.4 is 15.0 Å². The normalized spacial score (nSPS) is 21.0. The van der Waals surface area contributed by atoms with Crippen LogP contribution in [0.25, 0.3) is 0 Å². The van der Waals surface area contributed by atoms with Crippen molar-refractivity contribution >= 4 is 29.6 Å². The first kappa shape index (κ1) is 21.1. The Hall–Kier alpha value is -3.18. The zero-order valence-electron chi connectivity index (χ0n) is 16.8. The molecule has 31 heavy (non-hydrogen) atoms. The van der Waals surface area contributed by atoms with Crippen molar-refractivity contribution in [2.45, 2.75) is 37.8 Å². The van der Waals surface area contributed by atoms with Crippen LogP contribution in [0.5, 0.6) is 5.75 Å². The molecule has 1 saturated heterocycles. The molecule has 1 amide bonds. The summed E-state index contributed by atoms with van der Waals surface area (Å²) in [6, 6.07) is 10.6. The van der Waals surface area contributed by atoms with Gasteiger partial charge in [0.25, 0.3) is 5.91 Å². The van der Waals surface area contributed by atoms with E-state index in [0.29, 0.717) is 35.2 Å². The molecule has 160 valence electrons. The Labute approximate surface area is 185 Å². The van der Waals surface area contributed by atoms with Crippen LogP contribution in [0.4, 0.5) is 5.82 Å². The second kappa shape index (κ2) is 9.31. The number of hydrogen-bond donors (Lipinski definition) is 1. The molecule has 4 rings (SSSR count). The molecule has 0 spiro atoms. The molecule has 1 aliphatic carbocycles. The second-order valence-corrected chi connectivity index (χ2v) is 8.30. The lowest BCUT2D eigenvalue weighted by atomic mass is 9.93. The average molecular weight is 440 g/mol. The van der Waals surface area contributed by atoms with Crippen LogP contribution in [0.2, 0.25) is 5.02 Å². The molecule has 1 aromatic carbocycles. The number of aldehydes is 1. The molecule has 1 aliphatic heterocycles. The molecule has 0 atom stereocenters. The molecule has 0 unspecified atom stereocenters. The van der Waals surface area contributed by atoms with Crippen LogP contribution >= 0.6 is 11.6 Å². The van der Waals surface area contributed by atoms with Crippen molar-refractivity contribution in [3.63, 3.8) is 0 Å². The Balaban J connectivity index is 1.24. The van der Waals surface area contributed by atoms with E-state index in [2.05, 4.69) is 15.5 Å². The average Bonchev–Trinajstić information content (AvgIpc) is 2.75. The van der Waals surface area contributed by atoms with Gasteiger partial charge in [-0.25, -0.2) is 0 Å². The lowest BCUT2D eigenvalue weighted by molar-refractivity contribution is -0.111. The standard InChI is InChI=1S/C22H22ClN5O3/c23-19-9-18(4-1-15(19)10-24)31-17-5-2-16(3-6-17)25-22(30)20-7-8-21(27-26-20)28-11-14(12-28)13-29/h1,4,7-9,13-14,16-17H,2-3,5-6,11-12H2,(H,25,30)/t16-,17-. The fourth-order valence-corrected chi connectivity index (χ4v) is 4.05. The fraction of sp³-hybridized carbons (Fsp3) is 0.409. The van der Waals surface area contributed by atoms with E-state index >= 15 is 0 Å². The van der Waals surface area contributed by atoms with E-state index in [1.54, 1.807) is 30.3 Å². The zero-order valence-corrected chi connectivity index (χ0v) is 17.6. The van der Waals surface area contributed by atoms with Crippen molar-refractivity contribution < 1.29 is 14.3 Å². The van der Waals surface area contributed by atoms with Crippen LogP contribution in [-0.4, -0.2) is 47.6 Å². The first-order valence-corrected chi connectivity index (χ1v) is 10.6. The van der Waals surface area contributed by atoms with Crippen LogP contribution in [0, 0.1) is 17.2 Å². The number of aromatic nitrogens is 2. The summed E-state index contributed by atoms with van der Waals surface area (Å²) in [5, 5.41) is 20.5. The Kier molecular flexibility index (Phi) is 6.33. The predicted molar refractivity (Wildman–Crippen MR) is 114 cm³/mol. The number of ether oxygens (including phenoxy) is 1. The van der Waals surface area contributed by atoms with Crippen LogP contribution in [0.3, 0.4) is 0 Å². The van der Waals surface area contributed by atoms with Crippen LogP contribution in [-0.2, 0) is 4.79 Å². The highest BCUT2D eigenvalue weighted by Gasteiger charge is 2.28. The van der Waals surface area contributed by atoms with Gasteiger partial charge in [0.2, 0.25) is 0 Å². The summed E-state index contributed by atoms with van der Waals surface area (Å²) in [7, 11) is 0. The summed E-state index contributed by atoms with van der Waals surface area (Å²) in [5.41, 5.74) is 0.702. The van der Waals surface area contributed by atoms with Gasteiger partial charge in [-0.1, -0.05) is 11.6 Å². The highest BCUT2D eigenvalue weighted by atomic mass is 35.5. The van der Waals surface area contributed by atoms with Gasteiger partial charge in [-0.2, -0.15) is 5.26 Å². The first-order valence-electron chi connectivity index (χ1n) is 10.3. The molecule has 9 heteroatoms. The zero-order chi connectivity index (χ0) is 21.8. The third-order valence-electron chi connectivity index (χ3n) is 5.68. The molecule has 2 aliphatic rings. The molecule has 0 radical (unpaired) electrons. The number of nitrogens with zero attached hydrogens (tertiary/aromatic N) is 4. The number of hydrogen-bond acceptors (Lipinski definition) is 7. The Bertz CT molecular complexity index is 993. The molecule has 1 saturated carbocycles. The van der Waals surface area contributed by atoms with Gasteiger partial charge < -0.3 is 19.7 Å². The van der Waals surface area contributed by atoms with E-state index in [-0.39, 0.29) is 29.7 Å². The summed E-state index contributed by atoms with van der Waals surface area (Å²) >= 11 is 6.06. The minimum atomic E-state index is -0.239. The molecule has 2 fully saturated rings. The van der Waals surface area contributed by atoms with Crippen molar-refractivity contribution in [2.75, 3.05) is 18.0 Å². The van der Waals surface area contributed by atoms with Gasteiger partial charge in [0.15, 0.2) is 11.5 Å². The van der Waals surface area contributed by atoms with Crippen molar-refractivity contribution in [3.05, 3.63) is 46.6 Å². The lowest BCUT2D eigenvalue weighted by Crippen LogP contribution is -2.48. The third-order valence-corrected chi connectivity index (χ3v) is 6.00. The summed E-state index contributed by atoms with van der Waals surface area (Å²) in [4.78, 5) is 25.2. The quantitative estimate of drug-likeness (QED) is 0.689. The predicted octanol–water partition coefficient (Wildman–Crippen LogP) is 2.76. The number of carbonyl (C=O) groups excluding carboxylic acids is 2. The van der Waals surface area contributed by atoms with Gasteiger partial charge in [0.1, 0.15) is 18.1 Å². The summed E-state index contributed by atoms with van der Waals surface area (Å²) in [6.07, 6.45) is 4.20. The number of nitriles is 1. The van der Waals surface area contributed by atoms with Crippen LogP contribution in [0.15, 0.2) is 30.3 Å². The van der Waals surface area contributed by atoms with Gasteiger partial charge in [-0.3, -0.25) is 4.79 Å². The minimum absolute atomic E-state index is 0.0444. The Morgan fingerprint density at radius 3 is 2.58 bits per heavy atom. The largest absolute Gasteiger partial charge is 0.490 e. The van der Waals surface area contributed by atoms with Crippen molar-refractivity contribution in [1.82, 2.24) is 15.5 Å². The van der Waals surface area contributed by atoms with Gasteiger partial charge in [0.05, 0.1) is 16.7 Å². The maximum atomic E-state index is 12.5. The number of halogens is 1. The Morgan fingerprint density at radius 1 is 1.19 bits per heavy atom. The third kappa shape index (κ3) is 4.94. The Morgan fingerprint density at radius 2 is 1.97 bits per heavy atom. The van der Waals surface area contributed by atoms with E-state index in [1.807, 2.05) is 11.0 Å². The smallest absolute Gasteiger partial charge is 0.272 e. The highest BCUT2D eigenvalue weighted by molar-refractivity contribution is 6.31. The van der Waals surface area contributed by atoms with Crippen molar-refractivity contribution in [3.8, 4) is 11.8 Å². The molecular formula is C22H22ClN5O3. The number of benzene rings is 1. The van der Waals surface area contributed by atoms with Gasteiger partial charge in [-0.15, -0.1) is 10.2 Å². The lowest BCUT2D eigenvalue weighted by Gasteiger charge is -2.36. The topological polar surface area (TPSA) is 108 Å². The van der Waals surface area contributed by atoms with E-state index < -0.39 is 0 Å². The minimum Gasteiger partial charge on any atom is -0.490 e. The van der Waals surface area contributed by atoms with Crippen LogP contribution in [0.1, 0.15) is 41.7 Å². The van der Waals surface area contributed by atoms with E-state index in [9.17, 15) is 9.59 Å². The molecule has 0 bridgehead atoms. The molecule has 8 nitrogen and oxygen atoms in total. The number of nitrogens with one attached hydrogen (secondary N) is 1. The number of rotatable bonds is 6. The maximum Gasteiger partial charge on any atom is 0.272 e. The van der Waals surface area contributed by atoms with E-state index in [1.165, 1.54) is 0 Å². The molecule has 1 N–H and O–H groups in total. The van der Waals surface area contributed by atoms with Gasteiger partial charge in [-0.05, 0) is 49.9 Å².